The van der Waals surface area contributed by atoms with Crippen molar-refractivity contribution in [1.29, 1.82) is 0 Å². The fraction of sp³-hybridized carbons (Fsp3) is 0.189. The molecular formula is C37H32O4S. The van der Waals surface area contributed by atoms with E-state index in [9.17, 15) is 0 Å². The Morgan fingerprint density at radius 1 is 0.738 bits per heavy atom. The van der Waals surface area contributed by atoms with Crippen molar-refractivity contribution >= 4 is 28.6 Å². The lowest BCUT2D eigenvalue weighted by atomic mass is 9.77. The highest BCUT2D eigenvalue weighted by Gasteiger charge is 2.39. The normalized spacial score (nSPS) is 14.4. The highest BCUT2D eigenvalue weighted by molar-refractivity contribution is 7.98. The van der Waals surface area contributed by atoms with E-state index in [0.29, 0.717) is 0 Å². The van der Waals surface area contributed by atoms with Crippen molar-refractivity contribution in [2.24, 2.45) is 0 Å². The lowest BCUT2D eigenvalue weighted by Gasteiger charge is -2.38. The maximum absolute atomic E-state index is 7.35. The Balaban J connectivity index is 1.53. The molecule has 1 heterocycles. The predicted molar refractivity (Wildman–Crippen MR) is 172 cm³/mol. The summed E-state index contributed by atoms with van der Waals surface area (Å²) < 4.78 is 24.2. The molecule has 2 aliphatic rings. The molecule has 4 nitrogen and oxygen atoms in total. The minimum absolute atomic E-state index is 0.802. The molecule has 0 N–H and O–H groups in total. The van der Waals surface area contributed by atoms with Crippen LogP contribution in [0.5, 0.6) is 23.0 Å². The first-order valence-electron chi connectivity index (χ1n) is 14.1. The number of methoxy groups -OCH3 is 3. The molecule has 42 heavy (non-hydrogen) atoms. The summed E-state index contributed by atoms with van der Waals surface area (Å²) in [7, 11) is 5.11. The molecule has 0 saturated carbocycles. The second-order valence-electron chi connectivity index (χ2n) is 10.6. The number of thioether (sulfide) groups is 1. The van der Waals surface area contributed by atoms with Gasteiger partial charge in [-0.2, -0.15) is 0 Å². The van der Waals surface area contributed by atoms with Crippen LogP contribution in [0.3, 0.4) is 0 Å². The molecular weight excluding hydrogens is 540 g/mol. The molecule has 0 saturated heterocycles. The summed E-state index contributed by atoms with van der Waals surface area (Å²) in [5.74, 6) is 3.33. The van der Waals surface area contributed by atoms with Crippen molar-refractivity contribution in [2.45, 2.75) is 23.3 Å². The van der Waals surface area contributed by atoms with E-state index in [4.69, 9.17) is 18.9 Å². The van der Waals surface area contributed by atoms with Gasteiger partial charge in [0.2, 0.25) is 0 Å². The van der Waals surface area contributed by atoms with Crippen molar-refractivity contribution in [2.75, 3.05) is 27.6 Å². The summed E-state index contributed by atoms with van der Waals surface area (Å²) in [5, 5.41) is 2.24. The van der Waals surface area contributed by atoms with Gasteiger partial charge in [-0.1, -0.05) is 54.6 Å². The van der Waals surface area contributed by atoms with Gasteiger partial charge >= 0.3 is 0 Å². The number of fused-ring (bicyclic) bond motifs is 8. The van der Waals surface area contributed by atoms with Crippen molar-refractivity contribution < 1.29 is 18.9 Å². The number of rotatable bonds is 6. The largest absolute Gasteiger partial charge is 0.497 e. The number of hydrogen-bond acceptors (Lipinski definition) is 5. The van der Waals surface area contributed by atoms with Crippen molar-refractivity contribution in [1.82, 2.24) is 0 Å². The third kappa shape index (κ3) is 4.06. The Hall–Kier alpha value is -4.35. The van der Waals surface area contributed by atoms with E-state index in [0.717, 1.165) is 62.8 Å². The van der Waals surface area contributed by atoms with Crippen LogP contribution in [0.2, 0.25) is 0 Å². The molecule has 5 heteroatoms. The molecule has 0 unspecified atom stereocenters. The van der Waals surface area contributed by atoms with Gasteiger partial charge in [-0.15, -0.1) is 11.8 Å². The molecule has 0 bridgehead atoms. The zero-order valence-electron chi connectivity index (χ0n) is 24.2. The van der Waals surface area contributed by atoms with Gasteiger partial charge < -0.3 is 18.9 Å². The van der Waals surface area contributed by atoms with Gasteiger partial charge in [-0.3, -0.25) is 0 Å². The molecule has 0 spiro atoms. The summed E-state index contributed by atoms with van der Waals surface area (Å²) in [6.45, 7) is 0. The molecule has 5 aromatic carbocycles. The topological polar surface area (TPSA) is 36.9 Å². The molecule has 0 radical (unpaired) electrons. The molecule has 210 valence electrons. The zero-order chi connectivity index (χ0) is 28.8. The maximum atomic E-state index is 7.35. The molecule has 7 rings (SSSR count). The van der Waals surface area contributed by atoms with Gasteiger partial charge in [-0.25, -0.2) is 0 Å². The van der Waals surface area contributed by atoms with E-state index in [-0.39, 0.29) is 0 Å². The smallest absolute Gasteiger partial charge is 0.178 e. The summed E-state index contributed by atoms with van der Waals surface area (Å²) in [5.41, 5.74) is 7.65. The molecule has 0 amide bonds. The van der Waals surface area contributed by atoms with Gasteiger partial charge in [-0.05, 0) is 89.2 Å². The summed E-state index contributed by atoms with van der Waals surface area (Å²) in [6, 6.07) is 29.5. The maximum Gasteiger partial charge on any atom is 0.178 e. The third-order valence-electron chi connectivity index (χ3n) is 8.63. The summed E-state index contributed by atoms with van der Waals surface area (Å²) in [4.78, 5) is 1.11. The van der Waals surface area contributed by atoms with E-state index in [2.05, 4.69) is 79.1 Å². The fourth-order valence-corrected chi connectivity index (χ4v) is 7.08. The average Bonchev–Trinajstić information content (AvgIpc) is 3.07. The van der Waals surface area contributed by atoms with Crippen LogP contribution in [0.25, 0.3) is 28.0 Å². The average molecular weight is 573 g/mol. The molecule has 0 fully saturated rings. The van der Waals surface area contributed by atoms with E-state index in [1.54, 1.807) is 33.1 Å². The van der Waals surface area contributed by atoms with Gasteiger partial charge in [0.1, 0.15) is 23.0 Å². The quantitative estimate of drug-likeness (QED) is 0.190. The number of aryl methyl sites for hydroxylation is 1. The number of hydrogen-bond donors (Lipinski definition) is 0. The van der Waals surface area contributed by atoms with Crippen LogP contribution < -0.4 is 18.9 Å². The minimum Gasteiger partial charge on any atom is -0.497 e. The van der Waals surface area contributed by atoms with Crippen LogP contribution in [0.15, 0.2) is 95.9 Å². The Labute approximate surface area is 250 Å². The monoisotopic (exact) mass is 572 g/mol. The first-order valence-corrected chi connectivity index (χ1v) is 15.3. The van der Waals surface area contributed by atoms with E-state index in [1.807, 2.05) is 24.3 Å². The first kappa shape index (κ1) is 26.5. The summed E-state index contributed by atoms with van der Waals surface area (Å²) >= 11 is 1.70. The fourth-order valence-electron chi connectivity index (χ4n) is 6.50. The van der Waals surface area contributed by atoms with Crippen LogP contribution in [0.1, 0.15) is 27.8 Å². The third-order valence-corrected chi connectivity index (χ3v) is 9.38. The van der Waals surface area contributed by atoms with Crippen LogP contribution in [-0.2, 0) is 18.4 Å². The Morgan fingerprint density at radius 3 is 2.02 bits per heavy atom. The van der Waals surface area contributed by atoms with Gasteiger partial charge in [0, 0.05) is 27.0 Å². The lowest BCUT2D eigenvalue weighted by Crippen LogP contribution is -2.34. The second-order valence-corrected chi connectivity index (χ2v) is 11.5. The van der Waals surface area contributed by atoms with Crippen LogP contribution in [-0.4, -0.2) is 27.6 Å². The van der Waals surface area contributed by atoms with Crippen molar-refractivity contribution in [3.05, 3.63) is 119 Å². The first-order chi connectivity index (χ1) is 20.6. The van der Waals surface area contributed by atoms with Gasteiger partial charge in [0.15, 0.2) is 5.60 Å². The van der Waals surface area contributed by atoms with Gasteiger partial charge in [0.25, 0.3) is 0 Å². The number of ether oxygens (including phenoxy) is 4. The van der Waals surface area contributed by atoms with E-state index >= 15 is 0 Å². The Kier molecular flexibility index (Phi) is 6.63. The van der Waals surface area contributed by atoms with Crippen molar-refractivity contribution in [3.63, 3.8) is 0 Å². The van der Waals surface area contributed by atoms with Gasteiger partial charge in [0.05, 0.1) is 21.3 Å². The van der Waals surface area contributed by atoms with E-state index in [1.165, 1.54) is 27.6 Å². The van der Waals surface area contributed by atoms with Crippen LogP contribution >= 0.6 is 11.8 Å². The second kappa shape index (κ2) is 10.5. The Bertz CT molecular complexity index is 1790. The molecule has 1 aliphatic carbocycles. The molecule has 1 aliphatic heterocycles. The predicted octanol–water partition coefficient (Wildman–Crippen LogP) is 8.70. The standard InChI is InChI=1S/C37H32O4S/c1-38-26-14-10-24(11-15-26)37(25-12-16-27(39-2)17-13-25)20-19-30-29-18-9-23-7-5-6-8-28(23)35(29)31-22-34(42-4)33(40-3)21-32(31)36(30)41-37/h5-8,10-17,19-22H,9,18H2,1-4H3. The highest BCUT2D eigenvalue weighted by atomic mass is 32.2. The highest BCUT2D eigenvalue weighted by Crippen LogP contribution is 2.53. The lowest BCUT2D eigenvalue weighted by molar-refractivity contribution is 0.163. The minimum atomic E-state index is -0.856. The molecule has 0 aromatic heterocycles. The zero-order valence-corrected chi connectivity index (χ0v) is 25.0. The van der Waals surface area contributed by atoms with E-state index < -0.39 is 5.60 Å². The Morgan fingerprint density at radius 2 is 1.40 bits per heavy atom. The summed E-state index contributed by atoms with van der Waals surface area (Å²) in [6.07, 6.45) is 8.53. The number of benzene rings is 5. The van der Waals surface area contributed by atoms with Crippen LogP contribution in [0.4, 0.5) is 0 Å². The van der Waals surface area contributed by atoms with Crippen molar-refractivity contribution in [3.8, 4) is 34.1 Å². The van der Waals surface area contributed by atoms with Crippen LogP contribution in [0, 0.1) is 0 Å². The SMILES string of the molecule is COc1ccc(C2(c3ccc(OC)cc3)C=Cc3c4c(c5cc(SC)c(OC)cc5c3O2)-c2ccccc2CC4)cc1. The molecule has 0 atom stereocenters. The molecule has 5 aromatic rings.